The Morgan fingerprint density at radius 1 is 1.17 bits per heavy atom. The summed E-state index contributed by atoms with van der Waals surface area (Å²) >= 11 is 6.17. The lowest BCUT2D eigenvalue weighted by Crippen LogP contribution is -2.24. The Morgan fingerprint density at radius 2 is 1.93 bits per heavy atom. The zero-order valence-corrected chi connectivity index (χ0v) is 16.4. The SMILES string of the molecule is COc1ccc(-c2noc(C3CC(=O)N(c4ccc(OC)c(Cl)c4)C3)n2)cc1F. The maximum atomic E-state index is 13.9. The van der Waals surface area contributed by atoms with Crippen LogP contribution in [0, 0.1) is 5.82 Å². The first-order valence-electron chi connectivity index (χ1n) is 8.81. The summed E-state index contributed by atoms with van der Waals surface area (Å²) in [6.45, 7) is 0.375. The molecular formula is C20H17ClFN3O4. The van der Waals surface area contributed by atoms with Gasteiger partial charge in [-0.3, -0.25) is 4.79 Å². The van der Waals surface area contributed by atoms with Gasteiger partial charge < -0.3 is 18.9 Å². The Morgan fingerprint density at radius 3 is 2.62 bits per heavy atom. The third kappa shape index (κ3) is 3.63. The normalized spacial score (nSPS) is 16.3. The molecule has 3 aromatic rings. The molecule has 1 fully saturated rings. The van der Waals surface area contributed by atoms with Crippen molar-refractivity contribution in [3.8, 4) is 22.9 Å². The van der Waals surface area contributed by atoms with Crippen LogP contribution in [0.2, 0.25) is 5.02 Å². The number of anilines is 1. The summed E-state index contributed by atoms with van der Waals surface area (Å²) in [5.41, 5.74) is 1.13. The van der Waals surface area contributed by atoms with Gasteiger partial charge in [0, 0.05) is 24.2 Å². The second-order valence-corrected chi connectivity index (χ2v) is 6.94. The second kappa shape index (κ2) is 7.71. The first-order valence-corrected chi connectivity index (χ1v) is 9.19. The average Bonchev–Trinajstić information content (AvgIpc) is 3.35. The van der Waals surface area contributed by atoms with Gasteiger partial charge in [0.15, 0.2) is 11.6 Å². The average molecular weight is 418 g/mol. The number of carbonyl (C=O) groups excluding carboxylic acids is 1. The molecule has 0 bridgehead atoms. The molecule has 0 N–H and O–H groups in total. The molecule has 2 aromatic carbocycles. The quantitative estimate of drug-likeness (QED) is 0.622. The van der Waals surface area contributed by atoms with E-state index in [2.05, 4.69) is 10.1 Å². The highest BCUT2D eigenvalue weighted by atomic mass is 35.5. The second-order valence-electron chi connectivity index (χ2n) is 6.53. The molecule has 0 saturated carbocycles. The van der Waals surface area contributed by atoms with Gasteiger partial charge >= 0.3 is 0 Å². The van der Waals surface area contributed by atoms with Crippen molar-refractivity contribution in [1.29, 1.82) is 0 Å². The van der Waals surface area contributed by atoms with Crippen molar-refractivity contribution in [2.75, 3.05) is 25.7 Å². The Kier molecular flexibility index (Phi) is 5.10. The third-order valence-corrected chi connectivity index (χ3v) is 5.07. The van der Waals surface area contributed by atoms with E-state index in [1.165, 1.54) is 26.4 Å². The molecular weight excluding hydrogens is 401 g/mol. The van der Waals surface area contributed by atoms with Crippen LogP contribution in [0.25, 0.3) is 11.4 Å². The Bertz CT molecular complexity index is 1070. The molecule has 29 heavy (non-hydrogen) atoms. The van der Waals surface area contributed by atoms with Crippen LogP contribution in [0.3, 0.4) is 0 Å². The van der Waals surface area contributed by atoms with E-state index in [0.717, 1.165) is 0 Å². The standard InChI is InChI=1S/C20H17ClFN3O4/c1-27-16-6-4-13(9-14(16)21)25-10-12(8-18(25)26)20-23-19(24-29-20)11-3-5-17(28-2)15(22)7-11/h3-7,9,12H,8,10H2,1-2H3. The van der Waals surface area contributed by atoms with Crippen LogP contribution < -0.4 is 14.4 Å². The van der Waals surface area contributed by atoms with Crippen LogP contribution in [0.1, 0.15) is 18.2 Å². The number of ether oxygens (including phenoxy) is 2. The number of rotatable bonds is 5. The number of methoxy groups -OCH3 is 2. The van der Waals surface area contributed by atoms with Crippen molar-refractivity contribution in [2.45, 2.75) is 12.3 Å². The minimum atomic E-state index is -0.519. The summed E-state index contributed by atoms with van der Waals surface area (Å²) in [5.74, 6) is 0.375. The number of carbonyl (C=O) groups is 1. The predicted octanol–water partition coefficient (Wildman–Crippen LogP) is 4.07. The first kappa shape index (κ1) is 19.2. The molecule has 4 rings (SSSR count). The van der Waals surface area contributed by atoms with Gasteiger partial charge in [0.05, 0.1) is 25.2 Å². The number of hydrogen-bond donors (Lipinski definition) is 0. The highest BCUT2D eigenvalue weighted by Crippen LogP contribution is 2.35. The summed E-state index contributed by atoms with van der Waals surface area (Å²) in [4.78, 5) is 18.5. The lowest BCUT2D eigenvalue weighted by molar-refractivity contribution is -0.117. The van der Waals surface area contributed by atoms with E-state index in [1.54, 1.807) is 29.2 Å². The highest BCUT2D eigenvalue weighted by molar-refractivity contribution is 6.32. The Labute approximate surface area is 171 Å². The molecule has 1 unspecified atom stereocenters. The van der Waals surface area contributed by atoms with E-state index in [-0.39, 0.29) is 29.8 Å². The Balaban J connectivity index is 1.54. The van der Waals surface area contributed by atoms with E-state index < -0.39 is 5.82 Å². The van der Waals surface area contributed by atoms with Gasteiger partial charge in [0.1, 0.15) is 5.75 Å². The lowest BCUT2D eigenvalue weighted by atomic mass is 10.1. The maximum absolute atomic E-state index is 13.9. The first-order chi connectivity index (χ1) is 14.0. The number of hydrogen-bond acceptors (Lipinski definition) is 6. The fraction of sp³-hybridized carbons (Fsp3) is 0.250. The third-order valence-electron chi connectivity index (χ3n) is 4.77. The van der Waals surface area contributed by atoms with E-state index in [4.69, 9.17) is 25.6 Å². The van der Waals surface area contributed by atoms with Gasteiger partial charge in [-0.05, 0) is 36.4 Å². The molecule has 1 saturated heterocycles. The van der Waals surface area contributed by atoms with Gasteiger partial charge in [-0.25, -0.2) is 4.39 Å². The van der Waals surface area contributed by atoms with Crippen LogP contribution >= 0.6 is 11.6 Å². The fourth-order valence-corrected chi connectivity index (χ4v) is 3.52. The topological polar surface area (TPSA) is 77.7 Å². The minimum Gasteiger partial charge on any atom is -0.495 e. The van der Waals surface area contributed by atoms with Crippen molar-refractivity contribution in [2.24, 2.45) is 0 Å². The molecule has 0 aliphatic carbocycles. The summed E-state index contributed by atoms with van der Waals surface area (Å²) in [5, 5.41) is 4.35. The molecule has 7 nitrogen and oxygen atoms in total. The lowest BCUT2D eigenvalue weighted by Gasteiger charge is -2.17. The summed E-state index contributed by atoms with van der Waals surface area (Å²) in [6, 6.07) is 9.57. The van der Waals surface area contributed by atoms with E-state index in [0.29, 0.717) is 34.5 Å². The molecule has 1 atom stereocenters. The van der Waals surface area contributed by atoms with Crippen LogP contribution in [-0.2, 0) is 4.79 Å². The van der Waals surface area contributed by atoms with Gasteiger partial charge in [0.25, 0.3) is 0 Å². The molecule has 150 valence electrons. The van der Waals surface area contributed by atoms with E-state index in [1.807, 2.05) is 0 Å². The number of nitrogens with zero attached hydrogens (tertiary/aromatic N) is 3. The largest absolute Gasteiger partial charge is 0.495 e. The smallest absolute Gasteiger partial charge is 0.232 e. The van der Waals surface area contributed by atoms with Gasteiger partial charge in [-0.1, -0.05) is 16.8 Å². The van der Waals surface area contributed by atoms with Crippen LogP contribution in [0.15, 0.2) is 40.9 Å². The molecule has 1 aliphatic rings. The van der Waals surface area contributed by atoms with E-state index in [9.17, 15) is 9.18 Å². The molecule has 1 amide bonds. The number of benzene rings is 2. The highest BCUT2D eigenvalue weighted by Gasteiger charge is 2.35. The van der Waals surface area contributed by atoms with Gasteiger partial charge in [-0.2, -0.15) is 4.98 Å². The molecule has 1 aliphatic heterocycles. The van der Waals surface area contributed by atoms with Crippen molar-refractivity contribution >= 4 is 23.2 Å². The molecule has 0 spiro atoms. The summed E-state index contributed by atoms with van der Waals surface area (Å²) < 4.78 is 29.3. The van der Waals surface area contributed by atoms with Gasteiger partial charge in [0.2, 0.25) is 17.6 Å². The predicted molar refractivity (Wildman–Crippen MR) is 104 cm³/mol. The van der Waals surface area contributed by atoms with Crippen molar-refractivity contribution in [1.82, 2.24) is 10.1 Å². The zero-order valence-electron chi connectivity index (χ0n) is 15.7. The number of amides is 1. The molecule has 9 heteroatoms. The maximum Gasteiger partial charge on any atom is 0.232 e. The van der Waals surface area contributed by atoms with Gasteiger partial charge in [-0.15, -0.1) is 0 Å². The van der Waals surface area contributed by atoms with Crippen LogP contribution in [-0.4, -0.2) is 36.8 Å². The number of halogens is 2. The van der Waals surface area contributed by atoms with Crippen LogP contribution in [0.5, 0.6) is 11.5 Å². The van der Waals surface area contributed by atoms with Crippen LogP contribution in [0.4, 0.5) is 10.1 Å². The minimum absolute atomic E-state index is 0.0773. The summed E-state index contributed by atoms with van der Waals surface area (Å²) in [7, 11) is 2.92. The monoisotopic (exact) mass is 417 g/mol. The van der Waals surface area contributed by atoms with E-state index >= 15 is 0 Å². The summed E-state index contributed by atoms with van der Waals surface area (Å²) in [6.07, 6.45) is 0.224. The molecule has 0 radical (unpaired) electrons. The molecule has 2 heterocycles. The number of aromatic nitrogens is 2. The van der Waals surface area contributed by atoms with Crippen molar-refractivity contribution < 1.29 is 23.2 Å². The Hall–Kier alpha value is -3.13. The van der Waals surface area contributed by atoms with Crippen molar-refractivity contribution in [3.05, 3.63) is 53.1 Å². The zero-order chi connectivity index (χ0) is 20.5. The fourth-order valence-electron chi connectivity index (χ4n) is 3.27. The van der Waals surface area contributed by atoms with Crippen molar-refractivity contribution in [3.63, 3.8) is 0 Å². The molecule has 1 aromatic heterocycles.